The summed E-state index contributed by atoms with van der Waals surface area (Å²) in [4.78, 5) is 30.4. The first-order valence-corrected chi connectivity index (χ1v) is 8.49. The minimum atomic E-state index is -0.0631. The van der Waals surface area contributed by atoms with Gasteiger partial charge in [-0.05, 0) is 45.2 Å². The summed E-state index contributed by atoms with van der Waals surface area (Å²) in [5.41, 5.74) is 2.08. The van der Waals surface area contributed by atoms with Gasteiger partial charge in [-0.15, -0.1) is 0 Å². The molecule has 1 aromatic carbocycles. The fourth-order valence-electron chi connectivity index (χ4n) is 3.42. The predicted octanol–water partition coefficient (Wildman–Crippen LogP) is 2.64. The Kier molecular flexibility index (Phi) is 4.55. The zero-order valence-corrected chi connectivity index (χ0v) is 14.0. The molecule has 0 saturated carbocycles. The van der Waals surface area contributed by atoms with Crippen molar-refractivity contribution in [2.45, 2.75) is 39.2 Å². The molecule has 1 aromatic rings. The van der Waals surface area contributed by atoms with Gasteiger partial charge in [0.05, 0.1) is 0 Å². The van der Waals surface area contributed by atoms with E-state index in [1.165, 1.54) is 12.0 Å². The van der Waals surface area contributed by atoms with Gasteiger partial charge < -0.3 is 9.80 Å². The number of rotatable bonds is 3. The third-order valence-electron chi connectivity index (χ3n) is 4.89. The molecule has 2 heterocycles. The quantitative estimate of drug-likeness (QED) is 0.860. The van der Waals surface area contributed by atoms with Crippen molar-refractivity contribution < 1.29 is 9.59 Å². The van der Waals surface area contributed by atoms with Crippen LogP contribution in [0.5, 0.6) is 0 Å². The predicted molar refractivity (Wildman–Crippen MR) is 90.5 cm³/mol. The van der Waals surface area contributed by atoms with E-state index >= 15 is 0 Å². The van der Waals surface area contributed by atoms with E-state index in [1.807, 2.05) is 36.1 Å². The van der Waals surface area contributed by atoms with Crippen molar-refractivity contribution in [2.75, 3.05) is 31.1 Å². The number of hydrogen-bond acceptors (Lipinski definition) is 2. The lowest BCUT2D eigenvalue weighted by atomic mass is 10.0. The van der Waals surface area contributed by atoms with Gasteiger partial charge in [0.15, 0.2) is 0 Å². The summed E-state index contributed by atoms with van der Waals surface area (Å²) in [6, 6.07) is 8.17. The molecule has 2 saturated heterocycles. The highest BCUT2D eigenvalue weighted by Crippen LogP contribution is 2.22. The Bertz CT molecular complexity index is 584. The number of aryl methyl sites for hydroxylation is 1. The Morgan fingerprint density at radius 2 is 1.87 bits per heavy atom. The summed E-state index contributed by atoms with van der Waals surface area (Å²) in [7, 11) is 0. The van der Waals surface area contributed by atoms with Crippen LogP contribution >= 0.6 is 0 Å². The molecule has 124 valence electrons. The molecule has 0 bridgehead atoms. The molecule has 1 unspecified atom stereocenters. The van der Waals surface area contributed by atoms with Gasteiger partial charge in [-0.2, -0.15) is 0 Å². The largest absolute Gasteiger partial charge is 0.338 e. The molecular weight excluding hydrogens is 290 g/mol. The molecule has 23 heavy (non-hydrogen) atoms. The maximum atomic E-state index is 12.6. The van der Waals surface area contributed by atoms with Crippen LogP contribution in [0.15, 0.2) is 24.3 Å². The molecule has 5 heteroatoms. The van der Waals surface area contributed by atoms with Crippen molar-refractivity contribution in [3.05, 3.63) is 29.8 Å². The van der Waals surface area contributed by atoms with Crippen LogP contribution in [-0.2, 0) is 4.79 Å². The summed E-state index contributed by atoms with van der Waals surface area (Å²) >= 11 is 0. The monoisotopic (exact) mass is 315 g/mol. The lowest BCUT2D eigenvalue weighted by molar-refractivity contribution is -0.134. The summed E-state index contributed by atoms with van der Waals surface area (Å²) in [6.45, 7) is 6.41. The van der Waals surface area contributed by atoms with Gasteiger partial charge in [-0.25, -0.2) is 4.79 Å². The van der Waals surface area contributed by atoms with E-state index in [2.05, 4.69) is 6.92 Å². The second kappa shape index (κ2) is 6.60. The van der Waals surface area contributed by atoms with E-state index in [-0.39, 0.29) is 18.5 Å². The number of benzene rings is 1. The smallest absolute Gasteiger partial charge is 0.325 e. The fourth-order valence-corrected chi connectivity index (χ4v) is 3.42. The summed E-state index contributed by atoms with van der Waals surface area (Å²) < 4.78 is 0. The van der Waals surface area contributed by atoms with Crippen molar-refractivity contribution in [3.63, 3.8) is 0 Å². The van der Waals surface area contributed by atoms with Crippen LogP contribution in [0, 0.1) is 6.92 Å². The lowest BCUT2D eigenvalue weighted by Crippen LogP contribution is -2.47. The SMILES string of the molecule is Cc1ccc(N2CCN(CC(=O)N3CCCCC3C)C2=O)cc1. The summed E-state index contributed by atoms with van der Waals surface area (Å²) in [6.07, 6.45) is 3.32. The number of hydrogen-bond donors (Lipinski definition) is 0. The number of piperidine rings is 1. The van der Waals surface area contributed by atoms with Gasteiger partial charge in [0.25, 0.3) is 0 Å². The Hall–Kier alpha value is -2.04. The van der Waals surface area contributed by atoms with E-state index in [4.69, 9.17) is 0 Å². The van der Waals surface area contributed by atoms with Crippen LogP contribution in [0.4, 0.5) is 10.5 Å². The highest BCUT2D eigenvalue weighted by atomic mass is 16.2. The van der Waals surface area contributed by atoms with Crippen molar-refractivity contribution in [1.82, 2.24) is 9.80 Å². The normalized spacial score (nSPS) is 21.9. The molecule has 2 aliphatic rings. The van der Waals surface area contributed by atoms with Gasteiger partial charge in [0.2, 0.25) is 5.91 Å². The number of amides is 3. The van der Waals surface area contributed by atoms with Crippen LogP contribution in [0.2, 0.25) is 0 Å². The molecule has 1 atom stereocenters. The van der Waals surface area contributed by atoms with Gasteiger partial charge in [-0.3, -0.25) is 9.69 Å². The van der Waals surface area contributed by atoms with Crippen LogP contribution < -0.4 is 4.90 Å². The Morgan fingerprint density at radius 1 is 1.13 bits per heavy atom. The van der Waals surface area contributed by atoms with E-state index in [9.17, 15) is 9.59 Å². The summed E-state index contributed by atoms with van der Waals surface area (Å²) in [5, 5.41) is 0. The minimum Gasteiger partial charge on any atom is -0.338 e. The molecule has 0 radical (unpaired) electrons. The number of anilines is 1. The van der Waals surface area contributed by atoms with Gasteiger partial charge in [0, 0.05) is 31.4 Å². The molecule has 5 nitrogen and oxygen atoms in total. The Labute approximate surface area is 137 Å². The van der Waals surface area contributed by atoms with Crippen LogP contribution in [0.25, 0.3) is 0 Å². The topological polar surface area (TPSA) is 43.9 Å². The highest BCUT2D eigenvalue weighted by molar-refractivity contribution is 5.96. The maximum Gasteiger partial charge on any atom is 0.325 e. The number of likely N-dealkylation sites (tertiary alicyclic amines) is 1. The minimum absolute atomic E-state index is 0.0631. The van der Waals surface area contributed by atoms with Crippen molar-refractivity contribution in [1.29, 1.82) is 0 Å². The Morgan fingerprint density at radius 3 is 2.57 bits per heavy atom. The van der Waals surface area contributed by atoms with Gasteiger partial charge in [0.1, 0.15) is 6.54 Å². The third-order valence-corrected chi connectivity index (χ3v) is 4.89. The van der Waals surface area contributed by atoms with Crippen molar-refractivity contribution in [3.8, 4) is 0 Å². The van der Waals surface area contributed by atoms with Gasteiger partial charge in [-0.1, -0.05) is 17.7 Å². The molecule has 0 aliphatic carbocycles. The molecule has 2 aliphatic heterocycles. The van der Waals surface area contributed by atoms with Gasteiger partial charge >= 0.3 is 6.03 Å². The maximum absolute atomic E-state index is 12.6. The molecule has 0 N–H and O–H groups in total. The fraction of sp³-hybridized carbons (Fsp3) is 0.556. The van der Waals surface area contributed by atoms with Crippen molar-refractivity contribution >= 4 is 17.6 Å². The number of nitrogens with zero attached hydrogens (tertiary/aromatic N) is 3. The first-order chi connectivity index (χ1) is 11.1. The van der Waals surface area contributed by atoms with Crippen LogP contribution in [0.1, 0.15) is 31.7 Å². The Balaban J connectivity index is 1.62. The molecule has 3 amide bonds. The number of carbonyl (C=O) groups is 2. The average Bonchev–Trinajstić information content (AvgIpc) is 2.89. The lowest BCUT2D eigenvalue weighted by Gasteiger charge is -2.34. The number of carbonyl (C=O) groups excluding carboxylic acids is 2. The standard InChI is InChI=1S/C18H25N3O2/c1-14-6-8-16(9-7-14)21-12-11-19(18(21)23)13-17(22)20-10-4-3-5-15(20)2/h6-9,15H,3-5,10-13H2,1-2H3. The molecule has 0 spiro atoms. The molecule has 0 aromatic heterocycles. The number of urea groups is 1. The zero-order valence-electron chi connectivity index (χ0n) is 14.0. The van der Waals surface area contributed by atoms with E-state index in [1.54, 1.807) is 9.80 Å². The van der Waals surface area contributed by atoms with Crippen LogP contribution in [-0.4, -0.2) is 54.0 Å². The zero-order chi connectivity index (χ0) is 16.4. The molecule has 3 rings (SSSR count). The molecule has 2 fully saturated rings. The second-order valence-electron chi connectivity index (χ2n) is 6.62. The first-order valence-electron chi connectivity index (χ1n) is 8.49. The van der Waals surface area contributed by atoms with E-state index in [0.29, 0.717) is 19.1 Å². The second-order valence-corrected chi connectivity index (χ2v) is 6.62. The van der Waals surface area contributed by atoms with E-state index < -0.39 is 0 Å². The van der Waals surface area contributed by atoms with E-state index in [0.717, 1.165) is 25.1 Å². The van der Waals surface area contributed by atoms with Crippen molar-refractivity contribution in [2.24, 2.45) is 0 Å². The first kappa shape index (κ1) is 15.8. The summed E-state index contributed by atoms with van der Waals surface area (Å²) in [5.74, 6) is 0.0799. The third kappa shape index (κ3) is 3.33. The van der Waals surface area contributed by atoms with Crippen LogP contribution in [0.3, 0.4) is 0 Å². The highest BCUT2D eigenvalue weighted by Gasteiger charge is 2.33. The molecular formula is C18H25N3O2. The average molecular weight is 315 g/mol.